The van der Waals surface area contributed by atoms with Crippen molar-refractivity contribution in [3.05, 3.63) is 0 Å². The molecule has 2 aliphatic rings. The van der Waals surface area contributed by atoms with E-state index in [4.69, 9.17) is 0 Å². The van der Waals surface area contributed by atoms with Gasteiger partial charge in [0.05, 0.1) is 0 Å². The molecule has 0 saturated heterocycles. The van der Waals surface area contributed by atoms with Crippen LogP contribution in [0.5, 0.6) is 0 Å². The highest BCUT2D eigenvalue weighted by Gasteiger charge is 2.42. The predicted octanol–water partition coefficient (Wildman–Crippen LogP) is 2.09. The molecule has 0 amide bonds. The third-order valence-electron chi connectivity index (χ3n) is 2.92. The molecular weight excluding hydrogens is 148 g/mol. The average molecular weight is 164 g/mol. The SMILES string of the molecule is OC1(C2CC2)C#CCCCCC1. The zero-order valence-corrected chi connectivity index (χ0v) is 7.47. The van der Waals surface area contributed by atoms with Gasteiger partial charge in [0, 0.05) is 6.42 Å². The molecule has 0 spiro atoms. The molecule has 1 nitrogen and oxygen atoms in total. The molecule has 0 bridgehead atoms. The Labute approximate surface area is 74.2 Å². The molecule has 2 aliphatic carbocycles. The van der Waals surface area contributed by atoms with Gasteiger partial charge in [0.25, 0.3) is 0 Å². The van der Waals surface area contributed by atoms with Gasteiger partial charge in [-0.2, -0.15) is 0 Å². The molecule has 1 fully saturated rings. The van der Waals surface area contributed by atoms with Crippen molar-refractivity contribution in [2.24, 2.45) is 5.92 Å². The van der Waals surface area contributed by atoms with Gasteiger partial charge in [0.2, 0.25) is 0 Å². The summed E-state index contributed by atoms with van der Waals surface area (Å²) in [5, 5.41) is 10.1. The largest absolute Gasteiger partial charge is 0.377 e. The molecule has 2 rings (SSSR count). The van der Waals surface area contributed by atoms with Gasteiger partial charge in [-0.1, -0.05) is 12.3 Å². The Kier molecular flexibility index (Phi) is 2.11. The fraction of sp³-hybridized carbons (Fsp3) is 0.818. The lowest BCUT2D eigenvalue weighted by atomic mass is 9.89. The van der Waals surface area contributed by atoms with Crippen LogP contribution in [0.4, 0.5) is 0 Å². The third-order valence-corrected chi connectivity index (χ3v) is 2.92. The van der Waals surface area contributed by atoms with Gasteiger partial charge in [-0.3, -0.25) is 0 Å². The van der Waals surface area contributed by atoms with Crippen LogP contribution >= 0.6 is 0 Å². The van der Waals surface area contributed by atoms with Crippen molar-refractivity contribution in [1.82, 2.24) is 0 Å². The molecule has 0 aromatic rings. The normalized spacial score (nSPS) is 36.1. The maximum Gasteiger partial charge on any atom is 0.128 e. The molecule has 1 heteroatoms. The number of hydrogen-bond acceptors (Lipinski definition) is 1. The quantitative estimate of drug-likeness (QED) is 0.588. The monoisotopic (exact) mass is 164 g/mol. The van der Waals surface area contributed by atoms with Crippen LogP contribution in [0.25, 0.3) is 0 Å². The highest BCUT2D eigenvalue weighted by molar-refractivity contribution is 5.19. The zero-order valence-electron chi connectivity index (χ0n) is 7.47. The first-order valence-electron chi connectivity index (χ1n) is 5.04. The maximum absolute atomic E-state index is 10.1. The van der Waals surface area contributed by atoms with E-state index in [0.717, 1.165) is 19.3 Å². The van der Waals surface area contributed by atoms with Crippen molar-refractivity contribution in [3.63, 3.8) is 0 Å². The second kappa shape index (κ2) is 3.11. The first kappa shape index (κ1) is 8.13. The summed E-state index contributed by atoms with van der Waals surface area (Å²) in [6, 6.07) is 0. The van der Waals surface area contributed by atoms with Gasteiger partial charge in [-0.05, 0) is 38.0 Å². The Morgan fingerprint density at radius 2 is 2.00 bits per heavy atom. The molecule has 12 heavy (non-hydrogen) atoms. The maximum atomic E-state index is 10.1. The highest BCUT2D eigenvalue weighted by Crippen LogP contribution is 2.42. The lowest BCUT2D eigenvalue weighted by molar-refractivity contribution is 0.0648. The van der Waals surface area contributed by atoms with Crippen LogP contribution in [0.1, 0.15) is 44.9 Å². The van der Waals surface area contributed by atoms with E-state index in [0.29, 0.717) is 5.92 Å². The van der Waals surface area contributed by atoms with Crippen LogP contribution < -0.4 is 0 Å². The van der Waals surface area contributed by atoms with Gasteiger partial charge in [-0.15, -0.1) is 5.92 Å². The molecule has 0 aromatic carbocycles. The Morgan fingerprint density at radius 1 is 1.17 bits per heavy atom. The zero-order chi connectivity index (χ0) is 8.44. The van der Waals surface area contributed by atoms with Gasteiger partial charge in [0.1, 0.15) is 5.60 Å². The lowest BCUT2D eigenvalue weighted by Crippen LogP contribution is -2.29. The molecule has 66 valence electrons. The summed E-state index contributed by atoms with van der Waals surface area (Å²) in [5.74, 6) is 6.67. The van der Waals surface area contributed by atoms with Crippen LogP contribution in [0.2, 0.25) is 0 Å². The summed E-state index contributed by atoms with van der Waals surface area (Å²) in [7, 11) is 0. The van der Waals surface area contributed by atoms with E-state index in [1.165, 1.54) is 25.7 Å². The second-order valence-corrected chi connectivity index (χ2v) is 4.06. The van der Waals surface area contributed by atoms with Crippen LogP contribution in [-0.2, 0) is 0 Å². The Morgan fingerprint density at radius 3 is 2.75 bits per heavy atom. The van der Waals surface area contributed by atoms with Gasteiger partial charge in [0.15, 0.2) is 0 Å². The van der Waals surface area contributed by atoms with Crippen LogP contribution in [0, 0.1) is 17.8 Å². The molecule has 1 atom stereocenters. The summed E-state index contributed by atoms with van der Waals surface area (Å²) < 4.78 is 0. The topological polar surface area (TPSA) is 20.2 Å². The molecule has 0 aromatic heterocycles. The minimum absolute atomic E-state index is 0.503. The fourth-order valence-electron chi connectivity index (χ4n) is 1.93. The van der Waals surface area contributed by atoms with E-state index >= 15 is 0 Å². The van der Waals surface area contributed by atoms with Crippen LogP contribution in [0.3, 0.4) is 0 Å². The van der Waals surface area contributed by atoms with E-state index in [9.17, 15) is 5.11 Å². The fourth-order valence-corrected chi connectivity index (χ4v) is 1.93. The third kappa shape index (κ3) is 1.64. The average Bonchev–Trinajstić information content (AvgIpc) is 2.79. The summed E-state index contributed by atoms with van der Waals surface area (Å²) in [6.07, 6.45) is 7.87. The van der Waals surface area contributed by atoms with Gasteiger partial charge >= 0.3 is 0 Å². The standard InChI is InChI=1S/C11H16O/c12-11(10-6-7-10)8-4-2-1-3-5-9-11/h10,12H,1-4,6-8H2. The van der Waals surface area contributed by atoms with E-state index in [2.05, 4.69) is 11.8 Å². The van der Waals surface area contributed by atoms with Crippen molar-refractivity contribution in [3.8, 4) is 11.8 Å². The van der Waals surface area contributed by atoms with Crippen LogP contribution in [0.15, 0.2) is 0 Å². The van der Waals surface area contributed by atoms with Crippen molar-refractivity contribution < 1.29 is 5.11 Å². The first-order chi connectivity index (χ1) is 5.81. The summed E-state index contributed by atoms with van der Waals surface area (Å²) in [5.41, 5.74) is -0.597. The van der Waals surface area contributed by atoms with E-state index < -0.39 is 5.60 Å². The summed E-state index contributed by atoms with van der Waals surface area (Å²) in [4.78, 5) is 0. The van der Waals surface area contributed by atoms with Crippen molar-refractivity contribution in [2.75, 3.05) is 0 Å². The number of aliphatic hydroxyl groups is 1. The Balaban J connectivity index is 2.08. The van der Waals surface area contributed by atoms with Crippen molar-refractivity contribution in [1.29, 1.82) is 0 Å². The Bertz CT molecular complexity index is 219. The minimum Gasteiger partial charge on any atom is -0.377 e. The summed E-state index contributed by atoms with van der Waals surface area (Å²) in [6.45, 7) is 0. The van der Waals surface area contributed by atoms with Gasteiger partial charge < -0.3 is 5.11 Å². The second-order valence-electron chi connectivity index (χ2n) is 4.06. The summed E-state index contributed by atoms with van der Waals surface area (Å²) >= 11 is 0. The van der Waals surface area contributed by atoms with Crippen molar-refractivity contribution in [2.45, 2.75) is 50.5 Å². The molecule has 1 saturated carbocycles. The molecule has 0 aliphatic heterocycles. The minimum atomic E-state index is -0.597. The van der Waals surface area contributed by atoms with E-state index in [1.807, 2.05) is 0 Å². The molecular formula is C11H16O. The van der Waals surface area contributed by atoms with Gasteiger partial charge in [-0.25, -0.2) is 0 Å². The molecule has 0 radical (unpaired) electrons. The highest BCUT2D eigenvalue weighted by atomic mass is 16.3. The number of hydrogen-bond donors (Lipinski definition) is 1. The van der Waals surface area contributed by atoms with E-state index in [1.54, 1.807) is 0 Å². The lowest BCUT2D eigenvalue weighted by Gasteiger charge is -2.22. The molecule has 1 N–H and O–H groups in total. The predicted molar refractivity (Wildman–Crippen MR) is 48.5 cm³/mol. The van der Waals surface area contributed by atoms with E-state index in [-0.39, 0.29) is 0 Å². The smallest absolute Gasteiger partial charge is 0.128 e. The molecule has 1 unspecified atom stereocenters. The first-order valence-corrected chi connectivity index (χ1v) is 5.04. The molecule has 0 heterocycles. The number of rotatable bonds is 1. The Hall–Kier alpha value is -0.480. The van der Waals surface area contributed by atoms with Crippen molar-refractivity contribution >= 4 is 0 Å². The van der Waals surface area contributed by atoms with Crippen LogP contribution in [-0.4, -0.2) is 10.7 Å².